The molecule has 0 spiro atoms. The number of anilines is 1. The second kappa shape index (κ2) is 11.7. The third-order valence-corrected chi connectivity index (χ3v) is 5.63. The Morgan fingerprint density at radius 1 is 1.03 bits per heavy atom. The van der Waals surface area contributed by atoms with Crippen molar-refractivity contribution in [2.45, 2.75) is 72.6 Å². The van der Waals surface area contributed by atoms with Crippen LogP contribution < -0.4 is 10.6 Å². The number of carbonyl (C=O) groups excluding carboxylic acids is 3. The zero-order valence-electron chi connectivity index (χ0n) is 21.6. The summed E-state index contributed by atoms with van der Waals surface area (Å²) >= 11 is 0. The SMILES string of the molecule is CCC(C)N(C(=O)CNC(=O)OC(C)(C)C)C(C(=O)Nc1ccccc1C)c1cccc(C)c1O. The highest BCUT2D eigenvalue weighted by atomic mass is 16.6. The summed E-state index contributed by atoms with van der Waals surface area (Å²) in [6, 6.07) is 10.9. The van der Waals surface area contributed by atoms with Gasteiger partial charge in [-0.15, -0.1) is 0 Å². The van der Waals surface area contributed by atoms with Crippen molar-refractivity contribution < 1.29 is 24.2 Å². The number of hydrogen-bond acceptors (Lipinski definition) is 5. The first-order valence-electron chi connectivity index (χ1n) is 11.8. The van der Waals surface area contributed by atoms with Crippen molar-refractivity contribution in [2.75, 3.05) is 11.9 Å². The second-order valence-electron chi connectivity index (χ2n) is 9.63. The first-order valence-corrected chi connectivity index (χ1v) is 11.8. The quantitative estimate of drug-likeness (QED) is 0.498. The fourth-order valence-corrected chi connectivity index (χ4v) is 3.63. The van der Waals surface area contributed by atoms with E-state index in [0.717, 1.165) is 5.56 Å². The molecule has 0 saturated carbocycles. The molecule has 0 aliphatic heterocycles. The highest BCUT2D eigenvalue weighted by molar-refractivity contribution is 5.99. The highest BCUT2D eigenvalue weighted by Crippen LogP contribution is 2.34. The van der Waals surface area contributed by atoms with Gasteiger partial charge in [-0.1, -0.05) is 43.3 Å². The number of para-hydroxylation sites is 2. The Labute approximate surface area is 207 Å². The fraction of sp³-hybridized carbons (Fsp3) is 0.444. The van der Waals surface area contributed by atoms with Crippen molar-refractivity contribution in [3.05, 3.63) is 59.2 Å². The van der Waals surface area contributed by atoms with E-state index in [0.29, 0.717) is 23.2 Å². The van der Waals surface area contributed by atoms with Gasteiger partial charge in [0.15, 0.2) is 0 Å². The lowest BCUT2D eigenvalue weighted by Crippen LogP contribution is -2.50. The van der Waals surface area contributed by atoms with Gasteiger partial charge in [-0.2, -0.15) is 0 Å². The molecule has 2 unspecified atom stereocenters. The molecule has 0 aliphatic carbocycles. The van der Waals surface area contributed by atoms with E-state index < -0.39 is 29.6 Å². The molecule has 0 saturated heterocycles. The molecule has 35 heavy (non-hydrogen) atoms. The van der Waals surface area contributed by atoms with Gasteiger partial charge in [-0.3, -0.25) is 9.59 Å². The van der Waals surface area contributed by atoms with Crippen molar-refractivity contribution >= 4 is 23.6 Å². The summed E-state index contributed by atoms with van der Waals surface area (Å²) in [7, 11) is 0. The van der Waals surface area contributed by atoms with E-state index in [4.69, 9.17) is 4.74 Å². The van der Waals surface area contributed by atoms with Crippen LogP contribution in [0.1, 0.15) is 63.8 Å². The molecule has 0 aromatic heterocycles. The molecule has 0 heterocycles. The normalized spacial score (nSPS) is 12.9. The maximum Gasteiger partial charge on any atom is 0.408 e. The molecule has 8 nitrogen and oxygen atoms in total. The van der Waals surface area contributed by atoms with E-state index in [-0.39, 0.29) is 18.3 Å². The molecule has 3 amide bonds. The van der Waals surface area contributed by atoms with Crippen LogP contribution in [0.5, 0.6) is 5.75 Å². The number of ether oxygens (including phenoxy) is 1. The number of aromatic hydroxyl groups is 1. The Morgan fingerprint density at radius 3 is 2.26 bits per heavy atom. The predicted molar refractivity (Wildman–Crippen MR) is 136 cm³/mol. The third-order valence-electron chi connectivity index (χ3n) is 5.63. The van der Waals surface area contributed by atoms with Gasteiger partial charge in [0, 0.05) is 17.3 Å². The maximum atomic E-state index is 13.7. The molecule has 2 atom stereocenters. The highest BCUT2D eigenvalue weighted by Gasteiger charge is 2.36. The number of amides is 3. The first kappa shape index (κ1) is 27.7. The summed E-state index contributed by atoms with van der Waals surface area (Å²) in [6.45, 7) is 12.2. The van der Waals surface area contributed by atoms with E-state index in [2.05, 4.69) is 10.6 Å². The van der Waals surface area contributed by atoms with Crippen LogP contribution in [-0.2, 0) is 14.3 Å². The summed E-state index contributed by atoms with van der Waals surface area (Å²) < 4.78 is 5.23. The number of benzene rings is 2. The summed E-state index contributed by atoms with van der Waals surface area (Å²) in [5.74, 6) is -0.999. The number of hydrogen-bond donors (Lipinski definition) is 3. The minimum atomic E-state index is -1.13. The Kier molecular flexibility index (Phi) is 9.28. The first-order chi connectivity index (χ1) is 16.4. The monoisotopic (exact) mass is 483 g/mol. The van der Waals surface area contributed by atoms with Crippen LogP contribution in [0.25, 0.3) is 0 Å². The summed E-state index contributed by atoms with van der Waals surface area (Å²) in [5, 5.41) is 16.3. The molecule has 190 valence electrons. The molecule has 0 radical (unpaired) electrons. The molecular formula is C27H37N3O5. The van der Waals surface area contributed by atoms with Crippen molar-refractivity contribution in [1.82, 2.24) is 10.2 Å². The van der Waals surface area contributed by atoms with E-state index >= 15 is 0 Å². The number of phenols is 1. The molecule has 0 fully saturated rings. The number of aryl methyl sites for hydroxylation is 2. The number of nitrogens with one attached hydrogen (secondary N) is 2. The molecule has 2 aromatic rings. The Morgan fingerprint density at radius 2 is 1.66 bits per heavy atom. The van der Waals surface area contributed by atoms with E-state index in [9.17, 15) is 19.5 Å². The van der Waals surface area contributed by atoms with Crippen molar-refractivity contribution in [1.29, 1.82) is 0 Å². The zero-order chi connectivity index (χ0) is 26.3. The minimum absolute atomic E-state index is 0.0568. The van der Waals surface area contributed by atoms with Gasteiger partial charge in [0.2, 0.25) is 5.91 Å². The average Bonchev–Trinajstić information content (AvgIpc) is 2.78. The smallest absolute Gasteiger partial charge is 0.408 e. The largest absolute Gasteiger partial charge is 0.507 e. The van der Waals surface area contributed by atoms with Crippen LogP contribution >= 0.6 is 0 Å². The molecule has 0 bridgehead atoms. The third kappa shape index (κ3) is 7.47. The zero-order valence-corrected chi connectivity index (χ0v) is 21.6. The van der Waals surface area contributed by atoms with Gasteiger partial charge in [-0.25, -0.2) is 4.79 Å². The summed E-state index contributed by atoms with van der Waals surface area (Å²) in [6.07, 6.45) is -0.173. The number of rotatable bonds is 8. The summed E-state index contributed by atoms with van der Waals surface area (Å²) in [4.78, 5) is 40.7. The number of phenolic OH excluding ortho intramolecular Hbond substituents is 1. The van der Waals surface area contributed by atoms with Crippen LogP contribution in [0.4, 0.5) is 10.5 Å². The van der Waals surface area contributed by atoms with Crippen LogP contribution in [0.2, 0.25) is 0 Å². The molecule has 0 aliphatic rings. The van der Waals surface area contributed by atoms with Crippen LogP contribution in [0.3, 0.4) is 0 Å². The van der Waals surface area contributed by atoms with Gasteiger partial charge in [-0.05, 0) is 65.2 Å². The van der Waals surface area contributed by atoms with Gasteiger partial charge < -0.3 is 25.4 Å². The van der Waals surface area contributed by atoms with Crippen molar-refractivity contribution in [3.63, 3.8) is 0 Å². The van der Waals surface area contributed by atoms with Gasteiger partial charge in [0.05, 0.1) is 0 Å². The fourth-order valence-electron chi connectivity index (χ4n) is 3.63. The second-order valence-corrected chi connectivity index (χ2v) is 9.63. The molecule has 2 aromatic carbocycles. The standard InChI is InChI=1S/C27H37N3O5/c1-8-19(4)30(22(31)16-28-26(34)35-27(5,6)7)23(20-14-11-13-18(3)24(20)32)25(33)29-21-15-10-9-12-17(21)2/h9-15,19,23,32H,8,16H2,1-7H3,(H,28,34)(H,29,33). The molecule has 2 rings (SSSR count). The van der Waals surface area contributed by atoms with Crippen LogP contribution in [0.15, 0.2) is 42.5 Å². The van der Waals surface area contributed by atoms with Crippen molar-refractivity contribution in [2.24, 2.45) is 0 Å². The van der Waals surface area contributed by atoms with Gasteiger partial charge >= 0.3 is 6.09 Å². The topological polar surface area (TPSA) is 108 Å². The minimum Gasteiger partial charge on any atom is -0.507 e. The lowest BCUT2D eigenvalue weighted by atomic mass is 9.98. The van der Waals surface area contributed by atoms with Crippen LogP contribution in [-0.4, -0.2) is 46.1 Å². The lowest BCUT2D eigenvalue weighted by Gasteiger charge is -2.36. The van der Waals surface area contributed by atoms with Gasteiger partial charge in [0.25, 0.3) is 5.91 Å². The molecule has 3 N–H and O–H groups in total. The number of carbonyl (C=O) groups is 3. The molecule has 8 heteroatoms. The maximum absolute atomic E-state index is 13.7. The van der Waals surface area contributed by atoms with Crippen molar-refractivity contribution in [3.8, 4) is 5.75 Å². The average molecular weight is 484 g/mol. The Balaban J connectivity index is 2.47. The Bertz CT molecular complexity index is 1060. The van der Waals surface area contributed by atoms with E-state index in [1.54, 1.807) is 52.0 Å². The van der Waals surface area contributed by atoms with Crippen LogP contribution in [0, 0.1) is 13.8 Å². The number of nitrogens with zero attached hydrogens (tertiary/aromatic N) is 1. The van der Waals surface area contributed by atoms with E-state index in [1.165, 1.54) is 4.90 Å². The Hall–Kier alpha value is -3.55. The summed E-state index contributed by atoms with van der Waals surface area (Å²) in [5.41, 5.74) is 1.65. The van der Waals surface area contributed by atoms with E-state index in [1.807, 2.05) is 39.0 Å². The van der Waals surface area contributed by atoms with Gasteiger partial charge in [0.1, 0.15) is 23.9 Å². The number of alkyl carbamates (subject to hydrolysis) is 1. The predicted octanol–water partition coefficient (Wildman–Crippen LogP) is 4.84. The molecular weight excluding hydrogens is 446 g/mol. The lowest BCUT2D eigenvalue weighted by molar-refractivity contribution is -0.140.